The standard InChI is InChI=1S/C13H19NO3/c1-8-6-9(2)11(17-5)10(7-8)14-13(3,4)12(15)16/h6-7,14H,1-5H3,(H,15,16). The molecule has 0 aromatic heterocycles. The first-order valence-electron chi connectivity index (χ1n) is 5.44. The fourth-order valence-electron chi connectivity index (χ4n) is 1.71. The number of carboxylic acid groups (broad SMARTS) is 1. The zero-order chi connectivity index (χ0) is 13.2. The van der Waals surface area contributed by atoms with Gasteiger partial charge in [-0.25, -0.2) is 4.79 Å². The van der Waals surface area contributed by atoms with Crippen LogP contribution in [0.5, 0.6) is 5.75 Å². The number of ether oxygens (including phenoxy) is 1. The maximum atomic E-state index is 11.1. The zero-order valence-electron chi connectivity index (χ0n) is 10.9. The lowest BCUT2D eigenvalue weighted by molar-refractivity contribution is -0.141. The first-order valence-corrected chi connectivity index (χ1v) is 5.44. The Bertz CT molecular complexity index is 439. The number of hydrogen-bond acceptors (Lipinski definition) is 3. The van der Waals surface area contributed by atoms with Crippen molar-refractivity contribution in [3.63, 3.8) is 0 Å². The largest absolute Gasteiger partial charge is 0.494 e. The topological polar surface area (TPSA) is 58.6 Å². The highest BCUT2D eigenvalue weighted by molar-refractivity contribution is 5.82. The molecule has 4 heteroatoms. The molecule has 4 nitrogen and oxygen atoms in total. The molecule has 0 saturated carbocycles. The van der Waals surface area contributed by atoms with Crippen molar-refractivity contribution < 1.29 is 14.6 Å². The molecule has 0 spiro atoms. The average molecular weight is 237 g/mol. The number of carbonyl (C=O) groups is 1. The van der Waals surface area contributed by atoms with Gasteiger partial charge in [0.1, 0.15) is 11.3 Å². The minimum atomic E-state index is -1.03. The van der Waals surface area contributed by atoms with E-state index in [0.29, 0.717) is 11.4 Å². The predicted molar refractivity (Wildman–Crippen MR) is 67.8 cm³/mol. The smallest absolute Gasteiger partial charge is 0.328 e. The molecular weight excluding hydrogens is 218 g/mol. The van der Waals surface area contributed by atoms with Crippen LogP contribution in [-0.2, 0) is 4.79 Å². The summed E-state index contributed by atoms with van der Waals surface area (Å²) in [4.78, 5) is 11.1. The van der Waals surface area contributed by atoms with Crippen LogP contribution >= 0.6 is 0 Å². The molecule has 0 atom stereocenters. The van der Waals surface area contributed by atoms with Crippen LogP contribution in [0, 0.1) is 13.8 Å². The van der Waals surface area contributed by atoms with Gasteiger partial charge in [-0.2, -0.15) is 0 Å². The number of aryl methyl sites for hydroxylation is 2. The summed E-state index contributed by atoms with van der Waals surface area (Å²) in [5.41, 5.74) is 1.72. The molecule has 1 rings (SSSR count). The molecule has 0 unspecified atom stereocenters. The van der Waals surface area contributed by atoms with Gasteiger partial charge < -0.3 is 15.2 Å². The van der Waals surface area contributed by atoms with Gasteiger partial charge in [0.05, 0.1) is 12.8 Å². The Morgan fingerprint density at radius 3 is 2.41 bits per heavy atom. The third-order valence-corrected chi connectivity index (χ3v) is 2.60. The SMILES string of the molecule is COc1c(C)cc(C)cc1NC(C)(C)C(=O)O. The van der Waals surface area contributed by atoms with Crippen LogP contribution in [-0.4, -0.2) is 23.7 Å². The van der Waals surface area contributed by atoms with Gasteiger partial charge in [0.15, 0.2) is 0 Å². The maximum absolute atomic E-state index is 11.1. The maximum Gasteiger partial charge on any atom is 0.328 e. The van der Waals surface area contributed by atoms with Gasteiger partial charge in [-0.3, -0.25) is 0 Å². The summed E-state index contributed by atoms with van der Waals surface area (Å²) in [5.74, 6) is -0.219. The Balaban J connectivity index is 3.18. The summed E-state index contributed by atoms with van der Waals surface area (Å²) < 4.78 is 5.30. The van der Waals surface area contributed by atoms with Gasteiger partial charge in [0.2, 0.25) is 0 Å². The van der Waals surface area contributed by atoms with E-state index < -0.39 is 11.5 Å². The van der Waals surface area contributed by atoms with Crippen molar-refractivity contribution in [1.29, 1.82) is 0 Å². The molecule has 0 aliphatic heterocycles. The summed E-state index contributed by atoms with van der Waals surface area (Å²) in [6, 6.07) is 3.88. The van der Waals surface area contributed by atoms with E-state index in [1.807, 2.05) is 26.0 Å². The fraction of sp³-hybridized carbons (Fsp3) is 0.462. The molecule has 0 fully saturated rings. The van der Waals surface area contributed by atoms with Gasteiger partial charge in [-0.05, 0) is 44.9 Å². The number of methoxy groups -OCH3 is 1. The highest BCUT2D eigenvalue weighted by Gasteiger charge is 2.28. The van der Waals surface area contributed by atoms with Gasteiger partial charge in [-0.1, -0.05) is 6.07 Å². The van der Waals surface area contributed by atoms with Crippen LogP contribution in [0.15, 0.2) is 12.1 Å². The van der Waals surface area contributed by atoms with Gasteiger partial charge in [-0.15, -0.1) is 0 Å². The second-order valence-electron chi connectivity index (χ2n) is 4.72. The normalized spacial score (nSPS) is 11.1. The lowest BCUT2D eigenvalue weighted by atomic mass is 10.0. The molecule has 0 amide bonds. The molecule has 0 aliphatic carbocycles. The van der Waals surface area contributed by atoms with Crippen molar-refractivity contribution in [2.45, 2.75) is 33.2 Å². The minimum absolute atomic E-state index is 0.685. The van der Waals surface area contributed by atoms with Crippen LogP contribution in [0.1, 0.15) is 25.0 Å². The lowest BCUT2D eigenvalue weighted by Gasteiger charge is -2.24. The second-order valence-corrected chi connectivity index (χ2v) is 4.72. The van der Waals surface area contributed by atoms with E-state index in [-0.39, 0.29) is 0 Å². The molecular formula is C13H19NO3. The number of benzene rings is 1. The molecule has 2 N–H and O–H groups in total. The summed E-state index contributed by atoms with van der Waals surface area (Å²) >= 11 is 0. The van der Waals surface area contributed by atoms with E-state index in [0.717, 1.165) is 11.1 Å². The highest BCUT2D eigenvalue weighted by Crippen LogP contribution is 2.31. The average Bonchev–Trinajstić information content (AvgIpc) is 2.15. The van der Waals surface area contributed by atoms with Crippen molar-refractivity contribution in [1.82, 2.24) is 0 Å². The summed E-state index contributed by atoms with van der Waals surface area (Å²) in [6.07, 6.45) is 0. The van der Waals surface area contributed by atoms with Crippen molar-refractivity contribution in [3.05, 3.63) is 23.3 Å². The summed E-state index contributed by atoms with van der Waals surface area (Å²) in [7, 11) is 1.58. The molecule has 0 bridgehead atoms. The number of aliphatic carboxylic acids is 1. The molecule has 0 aliphatic rings. The second kappa shape index (κ2) is 4.65. The van der Waals surface area contributed by atoms with E-state index in [1.165, 1.54) is 0 Å². The number of hydrogen-bond donors (Lipinski definition) is 2. The van der Waals surface area contributed by atoms with E-state index >= 15 is 0 Å². The molecule has 1 aromatic rings. The lowest BCUT2D eigenvalue weighted by Crippen LogP contribution is -2.40. The highest BCUT2D eigenvalue weighted by atomic mass is 16.5. The van der Waals surface area contributed by atoms with Crippen molar-refractivity contribution in [3.8, 4) is 5.75 Å². The minimum Gasteiger partial charge on any atom is -0.494 e. The Labute approximate surface area is 102 Å². The molecule has 17 heavy (non-hydrogen) atoms. The van der Waals surface area contributed by atoms with Gasteiger partial charge in [0, 0.05) is 0 Å². The summed E-state index contributed by atoms with van der Waals surface area (Å²) in [6.45, 7) is 7.13. The molecule has 94 valence electrons. The van der Waals surface area contributed by atoms with Gasteiger partial charge in [0.25, 0.3) is 0 Å². The Morgan fingerprint density at radius 1 is 1.35 bits per heavy atom. The van der Waals surface area contributed by atoms with E-state index in [9.17, 15) is 4.79 Å². The molecule has 0 radical (unpaired) electrons. The first kappa shape index (κ1) is 13.4. The van der Waals surface area contributed by atoms with Gasteiger partial charge >= 0.3 is 5.97 Å². The molecule has 0 heterocycles. The van der Waals surface area contributed by atoms with E-state index in [1.54, 1.807) is 21.0 Å². The Kier molecular flexibility index (Phi) is 3.66. The van der Waals surface area contributed by atoms with Crippen LogP contribution in [0.3, 0.4) is 0 Å². The number of anilines is 1. The molecule has 1 aromatic carbocycles. The van der Waals surface area contributed by atoms with Crippen LogP contribution in [0.2, 0.25) is 0 Å². The van der Waals surface area contributed by atoms with Crippen LogP contribution in [0.25, 0.3) is 0 Å². The van der Waals surface area contributed by atoms with E-state index in [2.05, 4.69) is 5.32 Å². The predicted octanol–water partition coefficient (Wildman–Crippen LogP) is 2.59. The molecule has 0 saturated heterocycles. The Morgan fingerprint density at radius 2 is 1.94 bits per heavy atom. The van der Waals surface area contributed by atoms with Crippen LogP contribution in [0.4, 0.5) is 5.69 Å². The third-order valence-electron chi connectivity index (χ3n) is 2.60. The number of nitrogens with one attached hydrogen (secondary N) is 1. The fourth-order valence-corrected chi connectivity index (χ4v) is 1.71. The number of rotatable bonds is 4. The van der Waals surface area contributed by atoms with E-state index in [4.69, 9.17) is 9.84 Å². The van der Waals surface area contributed by atoms with Crippen molar-refractivity contribution >= 4 is 11.7 Å². The third kappa shape index (κ3) is 2.90. The van der Waals surface area contributed by atoms with Crippen LogP contribution < -0.4 is 10.1 Å². The quantitative estimate of drug-likeness (QED) is 0.845. The monoisotopic (exact) mass is 237 g/mol. The number of carboxylic acids is 1. The zero-order valence-corrected chi connectivity index (χ0v) is 10.9. The Hall–Kier alpha value is -1.71. The van der Waals surface area contributed by atoms with Crippen molar-refractivity contribution in [2.24, 2.45) is 0 Å². The van der Waals surface area contributed by atoms with Crippen molar-refractivity contribution in [2.75, 3.05) is 12.4 Å². The summed E-state index contributed by atoms with van der Waals surface area (Å²) in [5, 5.41) is 12.1. The first-order chi connectivity index (χ1) is 7.77.